The summed E-state index contributed by atoms with van der Waals surface area (Å²) in [7, 11) is 1.53. The number of benzene rings is 2. The number of rotatable bonds is 6. The highest BCUT2D eigenvalue weighted by Crippen LogP contribution is 2.28. The molecule has 6 nitrogen and oxygen atoms in total. The number of aryl methyl sites for hydroxylation is 2. The normalized spacial score (nSPS) is 10.4. The minimum Gasteiger partial charge on any atom is -0.495 e. The summed E-state index contributed by atoms with van der Waals surface area (Å²) in [5, 5.41) is 6.45. The number of hydrogen-bond donors (Lipinski definition) is 2. The van der Waals surface area contributed by atoms with E-state index in [9.17, 15) is 4.79 Å². The van der Waals surface area contributed by atoms with Gasteiger partial charge in [0.05, 0.1) is 12.8 Å². The fourth-order valence-corrected chi connectivity index (χ4v) is 2.79. The zero-order valence-electron chi connectivity index (χ0n) is 15.9. The Morgan fingerprint density at radius 3 is 2.54 bits per heavy atom. The summed E-state index contributed by atoms with van der Waals surface area (Å²) in [5.41, 5.74) is 3.72. The molecule has 0 aliphatic rings. The lowest BCUT2D eigenvalue weighted by Crippen LogP contribution is -2.16. The van der Waals surface area contributed by atoms with Gasteiger partial charge < -0.3 is 15.4 Å². The summed E-state index contributed by atoms with van der Waals surface area (Å²) in [6.45, 7) is 4.42. The van der Waals surface area contributed by atoms with Crippen molar-refractivity contribution in [3.8, 4) is 5.75 Å². The fraction of sp³-hybridized carbons (Fsp3) is 0.190. The maximum absolute atomic E-state index is 12.7. The zero-order valence-corrected chi connectivity index (χ0v) is 16.7. The van der Waals surface area contributed by atoms with E-state index >= 15 is 0 Å². The van der Waals surface area contributed by atoms with Crippen LogP contribution in [0, 0.1) is 13.8 Å². The molecule has 3 rings (SSSR count). The average molecular weight is 397 g/mol. The first-order valence-electron chi connectivity index (χ1n) is 8.74. The Labute approximate surface area is 168 Å². The van der Waals surface area contributed by atoms with Gasteiger partial charge in [-0.05, 0) is 43.7 Å². The zero-order chi connectivity index (χ0) is 20.1. The number of nitrogens with zero attached hydrogens (tertiary/aromatic N) is 2. The number of methoxy groups -OCH3 is 1. The maximum Gasteiger partial charge on any atom is 0.274 e. The van der Waals surface area contributed by atoms with Gasteiger partial charge in [0.25, 0.3) is 5.91 Å². The lowest BCUT2D eigenvalue weighted by atomic mass is 10.1. The van der Waals surface area contributed by atoms with Crippen molar-refractivity contribution in [3.63, 3.8) is 0 Å². The highest BCUT2D eigenvalue weighted by molar-refractivity contribution is 6.31. The standard InChI is InChI=1S/C21H21ClN4O2/c1-13-4-6-15(7-5-13)12-23-21-24-14(2)10-18(26-21)20(27)25-17-11-16(22)8-9-19(17)28-3/h4-11H,12H2,1-3H3,(H,25,27)(H,23,24,26). The maximum atomic E-state index is 12.7. The Bertz CT molecular complexity index is 990. The molecule has 0 saturated heterocycles. The van der Waals surface area contributed by atoms with Gasteiger partial charge in [-0.3, -0.25) is 4.79 Å². The summed E-state index contributed by atoms with van der Waals surface area (Å²) in [5.74, 6) is 0.537. The molecule has 0 radical (unpaired) electrons. The van der Waals surface area contributed by atoms with Crippen LogP contribution >= 0.6 is 11.6 Å². The van der Waals surface area contributed by atoms with E-state index in [2.05, 4.69) is 20.6 Å². The fourth-order valence-electron chi connectivity index (χ4n) is 2.62. The molecule has 2 N–H and O–H groups in total. The molecule has 1 aromatic heterocycles. The summed E-state index contributed by atoms with van der Waals surface area (Å²) in [6.07, 6.45) is 0. The highest BCUT2D eigenvalue weighted by Gasteiger charge is 2.14. The monoisotopic (exact) mass is 396 g/mol. The number of nitrogens with one attached hydrogen (secondary N) is 2. The number of carbonyl (C=O) groups is 1. The van der Waals surface area contributed by atoms with Crippen LogP contribution in [0.3, 0.4) is 0 Å². The van der Waals surface area contributed by atoms with Crippen LogP contribution in [-0.4, -0.2) is 23.0 Å². The predicted octanol–water partition coefficient (Wildman–Crippen LogP) is 4.62. The Hall–Kier alpha value is -3.12. The Balaban J connectivity index is 1.76. The summed E-state index contributed by atoms with van der Waals surface area (Å²) < 4.78 is 5.26. The molecule has 0 aliphatic heterocycles. The van der Waals surface area contributed by atoms with Gasteiger partial charge in [-0.25, -0.2) is 9.97 Å². The van der Waals surface area contributed by atoms with Crippen LogP contribution < -0.4 is 15.4 Å². The van der Waals surface area contributed by atoms with Gasteiger partial charge in [0.2, 0.25) is 5.95 Å². The van der Waals surface area contributed by atoms with Crippen molar-refractivity contribution in [2.45, 2.75) is 20.4 Å². The second-order valence-corrected chi connectivity index (χ2v) is 6.79. The molecular formula is C21H21ClN4O2. The number of ether oxygens (including phenoxy) is 1. The van der Waals surface area contributed by atoms with Crippen molar-refractivity contribution in [2.75, 3.05) is 17.7 Å². The van der Waals surface area contributed by atoms with Crippen molar-refractivity contribution in [1.29, 1.82) is 0 Å². The van der Waals surface area contributed by atoms with Crippen molar-refractivity contribution in [2.24, 2.45) is 0 Å². The van der Waals surface area contributed by atoms with E-state index in [4.69, 9.17) is 16.3 Å². The Kier molecular flexibility index (Phi) is 6.11. The van der Waals surface area contributed by atoms with Crippen LogP contribution in [0.25, 0.3) is 0 Å². The van der Waals surface area contributed by atoms with Crippen LogP contribution in [0.1, 0.15) is 27.3 Å². The van der Waals surface area contributed by atoms with Crippen molar-refractivity contribution in [1.82, 2.24) is 9.97 Å². The molecule has 2 aromatic carbocycles. The van der Waals surface area contributed by atoms with Gasteiger partial charge in [0, 0.05) is 17.3 Å². The van der Waals surface area contributed by atoms with E-state index in [-0.39, 0.29) is 11.6 Å². The molecular weight excluding hydrogens is 376 g/mol. The van der Waals surface area contributed by atoms with Crippen LogP contribution in [0.5, 0.6) is 5.75 Å². The first-order valence-corrected chi connectivity index (χ1v) is 9.12. The SMILES string of the molecule is COc1ccc(Cl)cc1NC(=O)c1cc(C)nc(NCc2ccc(C)cc2)n1. The van der Waals surface area contributed by atoms with Gasteiger partial charge in [0.15, 0.2) is 0 Å². The largest absolute Gasteiger partial charge is 0.495 e. The molecule has 1 amide bonds. The number of hydrogen-bond acceptors (Lipinski definition) is 5. The quantitative estimate of drug-likeness (QED) is 0.635. The predicted molar refractivity (Wildman–Crippen MR) is 111 cm³/mol. The van der Waals surface area contributed by atoms with Crippen LogP contribution in [0.2, 0.25) is 5.02 Å². The molecule has 0 fully saturated rings. The van der Waals surface area contributed by atoms with E-state index in [0.29, 0.717) is 34.6 Å². The van der Waals surface area contributed by atoms with Crippen LogP contribution in [-0.2, 0) is 6.54 Å². The van der Waals surface area contributed by atoms with Gasteiger partial charge in [-0.2, -0.15) is 0 Å². The number of anilines is 2. The second-order valence-electron chi connectivity index (χ2n) is 6.36. The second kappa shape index (κ2) is 8.71. The van der Waals surface area contributed by atoms with Gasteiger partial charge >= 0.3 is 0 Å². The molecule has 0 unspecified atom stereocenters. The lowest BCUT2D eigenvalue weighted by molar-refractivity contribution is 0.102. The van der Waals surface area contributed by atoms with E-state index in [1.807, 2.05) is 38.1 Å². The van der Waals surface area contributed by atoms with Crippen LogP contribution in [0.15, 0.2) is 48.5 Å². The van der Waals surface area contributed by atoms with Crippen molar-refractivity contribution in [3.05, 3.63) is 76.1 Å². The van der Waals surface area contributed by atoms with Crippen molar-refractivity contribution < 1.29 is 9.53 Å². The number of halogens is 1. The number of amides is 1. The van der Waals surface area contributed by atoms with Gasteiger partial charge in [0.1, 0.15) is 11.4 Å². The summed E-state index contributed by atoms with van der Waals surface area (Å²) in [4.78, 5) is 21.4. The minimum atomic E-state index is -0.371. The third kappa shape index (κ3) is 4.98. The average Bonchev–Trinajstić information content (AvgIpc) is 2.67. The first-order chi connectivity index (χ1) is 13.4. The molecule has 28 heavy (non-hydrogen) atoms. The molecule has 144 valence electrons. The smallest absolute Gasteiger partial charge is 0.274 e. The first kappa shape index (κ1) is 19.6. The highest BCUT2D eigenvalue weighted by atomic mass is 35.5. The molecule has 0 bridgehead atoms. The van der Waals surface area contributed by atoms with Crippen molar-refractivity contribution >= 4 is 29.1 Å². The third-order valence-electron chi connectivity index (χ3n) is 4.07. The third-order valence-corrected chi connectivity index (χ3v) is 4.30. The molecule has 7 heteroatoms. The van der Waals surface area contributed by atoms with E-state index in [0.717, 1.165) is 5.56 Å². The minimum absolute atomic E-state index is 0.251. The summed E-state index contributed by atoms with van der Waals surface area (Å²) in [6, 6.07) is 14.8. The number of aromatic nitrogens is 2. The summed E-state index contributed by atoms with van der Waals surface area (Å²) >= 11 is 6.02. The molecule has 0 spiro atoms. The topological polar surface area (TPSA) is 76.1 Å². The lowest BCUT2D eigenvalue weighted by Gasteiger charge is -2.11. The molecule has 3 aromatic rings. The van der Waals surface area contributed by atoms with E-state index < -0.39 is 0 Å². The molecule has 0 saturated carbocycles. The van der Waals surface area contributed by atoms with Gasteiger partial charge in [-0.1, -0.05) is 41.4 Å². The van der Waals surface area contributed by atoms with Gasteiger partial charge in [-0.15, -0.1) is 0 Å². The molecule has 0 atom stereocenters. The Morgan fingerprint density at radius 1 is 1.07 bits per heavy atom. The number of carbonyl (C=O) groups excluding carboxylic acids is 1. The molecule has 1 heterocycles. The Morgan fingerprint density at radius 2 is 1.82 bits per heavy atom. The van der Waals surface area contributed by atoms with Crippen LogP contribution in [0.4, 0.5) is 11.6 Å². The molecule has 0 aliphatic carbocycles. The van der Waals surface area contributed by atoms with E-state index in [1.54, 1.807) is 24.3 Å². The van der Waals surface area contributed by atoms with E-state index in [1.165, 1.54) is 12.7 Å².